The number of hydrogen-bond acceptors (Lipinski definition) is 4. The van der Waals surface area contributed by atoms with Gasteiger partial charge in [-0.05, 0) is 12.8 Å². The van der Waals surface area contributed by atoms with Crippen molar-refractivity contribution < 1.29 is 19.4 Å². The van der Waals surface area contributed by atoms with Crippen molar-refractivity contribution in [3.63, 3.8) is 0 Å². The predicted octanol–water partition coefficient (Wildman–Crippen LogP) is 0.433. The fraction of sp³-hybridized carbons (Fsp3) is 0.615. The van der Waals surface area contributed by atoms with Crippen LogP contribution in [0.5, 0.6) is 0 Å². The number of nitrogens with one attached hydrogen (secondary N) is 2. The average Bonchev–Trinajstić information content (AvgIpc) is 2.98. The predicted molar refractivity (Wildman–Crippen MR) is 73.6 cm³/mol. The van der Waals surface area contributed by atoms with E-state index in [2.05, 4.69) is 15.5 Å². The van der Waals surface area contributed by atoms with Gasteiger partial charge in [-0.3, -0.25) is 9.89 Å². The van der Waals surface area contributed by atoms with Gasteiger partial charge in [-0.15, -0.1) is 0 Å². The fourth-order valence-corrected chi connectivity index (χ4v) is 2.32. The fourth-order valence-electron chi connectivity index (χ4n) is 2.32. The zero-order valence-electron chi connectivity index (χ0n) is 12.0. The van der Waals surface area contributed by atoms with Crippen molar-refractivity contribution in [3.8, 4) is 0 Å². The molecular formula is C13H20N4O4. The second kappa shape index (κ2) is 6.57. The van der Waals surface area contributed by atoms with Gasteiger partial charge in [0.25, 0.3) is 0 Å². The van der Waals surface area contributed by atoms with Gasteiger partial charge in [0.1, 0.15) is 0 Å². The standard InChI is InChI=1S/C13H20N4O4/c1-17(8-10-6-15-16-7-10)12(20)14-9-13(11(18)19)2-4-21-5-3-13/h6-7H,2-5,8-9H2,1H3,(H,14,20)(H,15,16)(H,18,19). The highest BCUT2D eigenvalue weighted by molar-refractivity contribution is 5.78. The van der Waals surface area contributed by atoms with E-state index in [1.165, 1.54) is 4.90 Å². The van der Waals surface area contributed by atoms with Gasteiger partial charge in [0, 0.05) is 38.6 Å². The van der Waals surface area contributed by atoms with E-state index in [1.54, 1.807) is 19.4 Å². The molecular weight excluding hydrogens is 276 g/mol. The third-order valence-corrected chi connectivity index (χ3v) is 3.80. The number of carboxylic acids is 1. The van der Waals surface area contributed by atoms with Gasteiger partial charge in [0.05, 0.1) is 18.2 Å². The zero-order valence-corrected chi connectivity index (χ0v) is 12.0. The third kappa shape index (κ3) is 3.72. The number of nitrogens with zero attached hydrogens (tertiary/aromatic N) is 2. The molecule has 1 aliphatic rings. The summed E-state index contributed by atoms with van der Waals surface area (Å²) >= 11 is 0. The molecule has 0 aliphatic carbocycles. The molecule has 1 aromatic rings. The first-order chi connectivity index (χ1) is 10.0. The lowest BCUT2D eigenvalue weighted by Gasteiger charge is -2.33. The van der Waals surface area contributed by atoms with E-state index < -0.39 is 11.4 Å². The van der Waals surface area contributed by atoms with Crippen LogP contribution in [-0.4, -0.2) is 59.0 Å². The van der Waals surface area contributed by atoms with Gasteiger partial charge in [-0.1, -0.05) is 0 Å². The summed E-state index contributed by atoms with van der Waals surface area (Å²) < 4.78 is 5.20. The van der Waals surface area contributed by atoms with Crippen molar-refractivity contribution in [1.82, 2.24) is 20.4 Å². The van der Waals surface area contributed by atoms with Crippen molar-refractivity contribution in [2.45, 2.75) is 19.4 Å². The second-order valence-electron chi connectivity index (χ2n) is 5.32. The van der Waals surface area contributed by atoms with Crippen LogP contribution in [0.15, 0.2) is 12.4 Å². The molecule has 0 radical (unpaired) electrons. The lowest BCUT2D eigenvalue weighted by molar-refractivity contribution is -0.154. The van der Waals surface area contributed by atoms with Crippen molar-refractivity contribution in [2.75, 3.05) is 26.8 Å². The van der Waals surface area contributed by atoms with E-state index in [0.29, 0.717) is 32.6 Å². The van der Waals surface area contributed by atoms with Crippen LogP contribution in [0, 0.1) is 5.41 Å². The minimum absolute atomic E-state index is 0.111. The van der Waals surface area contributed by atoms with Crippen molar-refractivity contribution in [1.29, 1.82) is 0 Å². The highest BCUT2D eigenvalue weighted by Gasteiger charge is 2.40. The first-order valence-corrected chi connectivity index (χ1v) is 6.81. The molecule has 3 N–H and O–H groups in total. The molecule has 0 aromatic carbocycles. The number of carbonyl (C=O) groups excluding carboxylic acids is 1. The number of amides is 2. The maximum atomic E-state index is 12.0. The number of hydrogen-bond donors (Lipinski definition) is 3. The number of rotatable bonds is 5. The molecule has 2 amide bonds. The smallest absolute Gasteiger partial charge is 0.317 e. The summed E-state index contributed by atoms with van der Waals surface area (Å²) in [6, 6.07) is -0.302. The normalized spacial score (nSPS) is 17.2. The van der Waals surface area contributed by atoms with E-state index in [1.807, 2.05) is 0 Å². The summed E-state index contributed by atoms with van der Waals surface area (Å²) in [7, 11) is 1.65. The Hall–Kier alpha value is -2.09. The van der Waals surface area contributed by atoms with Crippen molar-refractivity contribution in [3.05, 3.63) is 18.0 Å². The molecule has 21 heavy (non-hydrogen) atoms. The first-order valence-electron chi connectivity index (χ1n) is 6.81. The maximum Gasteiger partial charge on any atom is 0.317 e. The molecule has 1 saturated heterocycles. The Morgan fingerprint density at radius 3 is 2.81 bits per heavy atom. The van der Waals surface area contributed by atoms with Crippen molar-refractivity contribution >= 4 is 12.0 Å². The summed E-state index contributed by atoms with van der Waals surface area (Å²) in [5.74, 6) is -0.886. The number of urea groups is 1. The maximum absolute atomic E-state index is 12.0. The van der Waals surface area contributed by atoms with Crippen LogP contribution in [0.2, 0.25) is 0 Å². The third-order valence-electron chi connectivity index (χ3n) is 3.80. The first kappa shape index (κ1) is 15.3. The minimum Gasteiger partial charge on any atom is -0.481 e. The molecule has 0 spiro atoms. The lowest BCUT2D eigenvalue weighted by Crippen LogP contribution is -2.49. The Morgan fingerprint density at radius 1 is 1.52 bits per heavy atom. The molecule has 0 unspecified atom stereocenters. The molecule has 8 heteroatoms. The number of aliphatic carboxylic acids is 1. The summed E-state index contributed by atoms with van der Waals surface area (Å²) in [6.07, 6.45) is 4.17. The van der Waals surface area contributed by atoms with E-state index in [9.17, 15) is 14.7 Å². The van der Waals surface area contributed by atoms with Gasteiger partial charge in [0.15, 0.2) is 0 Å². The number of aromatic nitrogens is 2. The molecule has 116 valence electrons. The Kier molecular flexibility index (Phi) is 4.79. The van der Waals surface area contributed by atoms with Gasteiger partial charge in [0.2, 0.25) is 0 Å². The van der Waals surface area contributed by atoms with Crippen molar-refractivity contribution in [2.24, 2.45) is 5.41 Å². The molecule has 2 heterocycles. The van der Waals surface area contributed by atoms with Crippen LogP contribution in [0.25, 0.3) is 0 Å². The monoisotopic (exact) mass is 296 g/mol. The lowest BCUT2D eigenvalue weighted by atomic mass is 9.80. The molecule has 8 nitrogen and oxygen atoms in total. The number of carbonyl (C=O) groups is 2. The van der Waals surface area contributed by atoms with Crippen LogP contribution in [0.4, 0.5) is 4.79 Å². The Balaban J connectivity index is 1.88. The molecule has 0 bridgehead atoms. The van der Waals surface area contributed by atoms with Crippen LogP contribution in [0.3, 0.4) is 0 Å². The van der Waals surface area contributed by atoms with Crippen LogP contribution < -0.4 is 5.32 Å². The van der Waals surface area contributed by atoms with E-state index in [4.69, 9.17) is 4.74 Å². The highest BCUT2D eigenvalue weighted by atomic mass is 16.5. The number of ether oxygens (including phenoxy) is 1. The molecule has 1 aliphatic heterocycles. The quantitative estimate of drug-likeness (QED) is 0.730. The van der Waals surface area contributed by atoms with Gasteiger partial charge in [-0.25, -0.2) is 4.79 Å². The van der Waals surface area contributed by atoms with Gasteiger partial charge >= 0.3 is 12.0 Å². The summed E-state index contributed by atoms with van der Waals surface area (Å²) in [4.78, 5) is 25.0. The Bertz CT molecular complexity index is 482. The van der Waals surface area contributed by atoms with Crippen LogP contribution in [-0.2, 0) is 16.1 Å². The van der Waals surface area contributed by atoms with E-state index in [-0.39, 0.29) is 12.6 Å². The second-order valence-corrected chi connectivity index (χ2v) is 5.32. The summed E-state index contributed by atoms with van der Waals surface area (Å²) in [5.41, 5.74) is -0.0450. The molecule has 2 rings (SSSR count). The van der Waals surface area contributed by atoms with E-state index >= 15 is 0 Å². The molecule has 1 fully saturated rings. The van der Waals surface area contributed by atoms with Gasteiger partial charge in [-0.2, -0.15) is 5.10 Å². The van der Waals surface area contributed by atoms with E-state index in [0.717, 1.165) is 5.56 Å². The van der Waals surface area contributed by atoms with Gasteiger partial charge < -0.3 is 20.1 Å². The zero-order chi connectivity index (χ0) is 15.3. The Morgan fingerprint density at radius 2 is 2.24 bits per heavy atom. The number of aromatic amines is 1. The topological polar surface area (TPSA) is 108 Å². The SMILES string of the molecule is CN(Cc1cn[nH]c1)C(=O)NCC1(C(=O)O)CCOCC1. The van der Waals surface area contributed by atoms with Crippen LogP contribution in [0.1, 0.15) is 18.4 Å². The largest absolute Gasteiger partial charge is 0.481 e. The number of H-pyrrole nitrogens is 1. The molecule has 1 aromatic heterocycles. The average molecular weight is 296 g/mol. The highest BCUT2D eigenvalue weighted by Crippen LogP contribution is 2.30. The summed E-state index contributed by atoms with van der Waals surface area (Å²) in [5, 5.41) is 18.6. The van der Waals surface area contributed by atoms with Crippen LogP contribution >= 0.6 is 0 Å². The number of carboxylic acid groups (broad SMARTS) is 1. The minimum atomic E-state index is -0.926. The molecule has 0 atom stereocenters. The summed E-state index contributed by atoms with van der Waals surface area (Å²) in [6.45, 7) is 1.34. The molecule has 0 saturated carbocycles. The Labute approximate surface area is 122 Å².